The van der Waals surface area contributed by atoms with Gasteiger partial charge in [0.05, 0.1) is 0 Å². The predicted octanol–water partition coefficient (Wildman–Crippen LogP) is -0.523. The Bertz CT molecular complexity index is 399. The van der Waals surface area contributed by atoms with Gasteiger partial charge in [-0.15, -0.1) is 0 Å². The summed E-state index contributed by atoms with van der Waals surface area (Å²) in [5.41, 5.74) is 5.20. The molecule has 0 bridgehead atoms. The van der Waals surface area contributed by atoms with E-state index in [1.165, 1.54) is 0 Å². The van der Waals surface area contributed by atoms with Crippen LogP contribution in [-0.4, -0.2) is 34.7 Å². The van der Waals surface area contributed by atoms with E-state index in [1.807, 2.05) is 13.8 Å². The Morgan fingerprint density at radius 1 is 1.47 bits per heavy atom. The van der Waals surface area contributed by atoms with Crippen LogP contribution in [0.1, 0.15) is 19.9 Å². The normalized spacial score (nSPS) is 10.4. The van der Waals surface area contributed by atoms with E-state index in [4.69, 9.17) is 5.73 Å². The van der Waals surface area contributed by atoms with Gasteiger partial charge in [0.2, 0.25) is 0 Å². The summed E-state index contributed by atoms with van der Waals surface area (Å²) >= 11 is 0. The molecule has 2 amide bonds. The van der Waals surface area contributed by atoms with Crippen LogP contribution in [0, 0.1) is 0 Å². The monoisotopic (exact) mass is 239 g/mol. The lowest BCUT2D eigenvalue weighted by molar-refractivity contribution is -0.136. The maximum atomic E-state index is 11.4. The van der Waals surface area contributed by atoms with E-state index in [9.17, 15) is 9.59 Å². The quantitative estimate of drug-likeness (QED) is 0.615. The van der Waals surface area contributed by atoms with Crippen LogP contribution in [0.4, 0.5) is 5.82 Å². The number of amides is 2. The lowest BCUT2D eigenvalue weighted by Crippen LogP contribution is -2.38. The first-order chi connectivity index (χ1) is 8.04. The zero-order valence-electron chi connectivity index (χ0n) is 9.93. The van der Waals surface area contributed by atoms with Crippen molar-refractivity contribution in [3.05, 3.63) is 12.3 Å². The minimum Gasteiger partial charge on any atom is -0.347 e. The third kappa shape index (κ3) is 3.87. The van der Waals surface area contributed by atoms with Crippen molar-refractivity contribution in [2.75, 3.05) is 18.4 Å². The number of nitrogens with two attached hydrogens (primary N) is 1. The molecule has 7 nitrogen and oxygen atoms in total. The Morgan fingerprint density at radius 3 is 2.71 bits per heavy atom. The molecule has 0 aliphatic carbocycles. The average Bonchev–Trinajstić information content (AvgIpc) is 2.74. The zero-order chi connectivity index (χ0) is 12.8. The number of aromatic nitrogens is 2. The Balaban J connectivity index is 2.52. The van der Waals surface area contributed by atoms with E-state index in [2.05, 4.69) is 15.7 Å². The number of hydrogen-bond acceptors (Lipinski definition) is 4. The molecule has 0 aliphatic rings. The third-order valence-electron chi connectivity index (χ3n) is 2.02. The van der Waals surface area contributed by atoms with Gasteiger partial charge < -0.3 is 16.4 Å². The standard InChI is InChI=1S/C10H17N5O2/c1-7(2)15-6-3-8(14-15)13-10(17)9(16)12-5-4-11/h3,6-7H,4-5,11H2,1-2H3,(H,12,16)(H,13,14,17). The van der Waals surface area contributed by atoms with Crippen molar-refractivity contribution in [1.82, 2.24) is 15.1 Å². The van der Waals surface area contributed by atoms with Crippen molar-refractivity contribution in [2.45, 2.75) is 19.9 Å². The molecule has 0 aliphatic heterocycles. The second-order valence-corrected chi connectivity index (χ2v) is 3.77. The Labute approximate surface area is 99.4 Å². The van der Waals surface area contributed by atoms with Gasteiger partial charge in [0.15, 0.2) is 5.82 Å². The second-order valence-electron chi connectivity index (χ2n) is 3.77. The molecule has 7 heteroatoms. The minimum absolute atomic E-state index is 0.201. The van der Waals surface area contributed by atoms with Crippen molar-refractivity contribution in [1.29, 1.82) is 0 Å². The summed E-state index contributed by atoms with van der Waals surface area (Å²) in [5.74, 6) is -1.10. The van der Waals surface area contributed by atoms with Crippen LogP contribution in [-0.2, 0) is 9.59 Å². The van der Waals surface area contributed by atoms with E-state index >= 15 is 0 Å². The number of nitrogens with zero attached hydrogens (tertiary/aromatic N) is 2. The molecule has 0 spiro atoms. The zero-order valence-corrected chi connectivity index (χ0v) is 9.93. The molecule has 0 saturated carbocycles. The summed E-state index contributed by atoms with van der Waals surface area (Å²) in [4.78, 5) is 22.6. The van der Waals surface area contributed by atoms with Crippen LogP contribution < -0.4 is 16.4 Å². The van der Waals surface area contributed by atoms with Gasteiger partial charge in [0, 0.05) is 31.4 Å². The molecule has 0 saturated heterocycles. The van der Waals surface area contributed by atoms with Crippen molar-refractivity contribution in [3.8, 4) is 0 Å². The van der Waals surface area contributed by atoms with Crippen molar-refractivity contribution in [2.24, 2.45) is 5.73 Å². The van der Waals surface area contributed by atoms with E-state index in [1.54, 1.807) is 16.9 Å². The Kier molecular flexibility index (Phi) is 4.65. The Morgan fingerprint density at radius 2 is 2.18 bits per heavy atom. The second kappa shape index (κ2) is 6.00. The van der Waals surface area contributed by atoms with Gasteiger partial charge in [-0.2, -0.15) is 5.10 Å². The van der Waals surface area contributed by atoms with Gasteiger partial charge in [-0.25, -0.2) is 0 Å². The van der Waals surface area contributed by atoms with E-state index in [-0.39, 0.29) is 12.6 Å². The lowest BCUT2D eigenvalue weighted by atomic mass is 10.4. The molecule has 0 fully saturated rings. The molecular formula is C10H17N5O2. The number of carbonyl (C=O) groups is 2. The van der Waals surface area contributed by atoms with Gasteiger partial charge in [-0.1, -0.05) is 0 Å². The van der Waals surface area contributed by atoms with E-state index < -0.39 is 11.8 Å². The topological polar surface area (TPSA) is 102 Å². The highest BCUT2D eigenvalue weighted by molar-refractivity contribution is 6.39. The number of nitrogens with one attached hydrogen (secondary N) is 2. The molecule has 0 unspecified atom stereocenters. The van der Waals surface area contributed by atoms with Crippen molar-refractivity contribution in [3.63, 3.8) is 0 Å². The van der Waals surface area contributed by atoms with Crippen molar-refractivity contribution >= 4 is 17.6 Å². The molecule has 17 heavy (non-hydrogen) atoms. The lowest BCUT2D eigenvalue weighted by Gasteiger charge is -2.05. The summed E-state index contributed by atoms with van der Waals surface area (Å²) in [5, 5.41) is 8.87. The fourth-order valence-corrected chi connectivity index (χ4v) is 1.13. The Hall–Kier alpha value is -1.89. The fraction of sp³-hybridized carbons (Fsp3) is 0.500. The maximum Gasteiger partial charge on any atom is 0.314 e. The van der Waals surface area contributed by atoms with Gasteiger partial charge in [0.1, 0.15) is 0 Å². The molecular weight excluding hydrogens is 222 g/mol. The first-order valence-corrected chi connectivity index (χ1v) is 5.39. The van der Waals surface area contributed by atoms with Gasteiger partial charge in [0.25, 0.3) is 0 Å². The average molecular weight is 239 g/mol. The largest absolute Gasteiger partial charge is 0.347 e. The van der Waals surface area contributed by atoms with E-state index in [0.717, 1.165) is 0 Å². The van der Waals surface area contributed by atoms with Gasteiger partial charge in [-0.05, 0) is 13.8 Å². The number of carbonyl (C=O) groups excluding carboxylic acids is 2. The van der Waals surface area contributed by atoms with Crippen LogP contribution in [0.2, 0.25) is 0 Å². The molecule has 94 valence electrons. The van der Waals surface area contributed by atoms with Crippen LogP contribution in [0.3, 0.4) is 0 Å². The van der Waals surface area contributed by atoms with Crippen LogP contribution in [0.25, 0.3) is 0 Å². The summed E-state index contributed by atoms with van der Waals surface area (Å²) in [6.45, 7) is 4.49. The molecule has 1 rings (SSSR count). The third-order valence-corrected chi connectivity index (χ3v) is 2.02. The van der Waals surface area contributed by atoms with Gasteiger partial charge in [-0.3, -0.25) is 14.3 Å². The summed E-state index contributed by atoms with van der Waals surface area (Å²) in [6, 6.07) is 1.83. The fourth-order valence-electron chi connectivity index (χ4n) is 1.13. The SMILES string of the molecule is CC(C)n1ccc(NC(=O)C(=O)NCCN)n1. The summed E-state index contributed by atoms with van der Waals surface area (Å²) in [7, 11) is 0. The predicted molar refractivity (Wildman–Crippen MR) is 63.3 cm³/mol. The summed E-state index contributed by atoms with van der Waals surface area (Å²) < 4.78 is 1.69. The van der Waals surface area contributed by atoms with Crippen molar-refractivity contribution < 1.29 is 9.59 Å². The number of anilines is 1. The molecule has 0 aromatic carbocycles. The molecule has 0 atom stereocenters. The smallest absolute Gasteiger partial charge is 0.314 e. The molecule has 1 heterocycles. The summed E-state index contributed by atoms with van der Waals surface area (Å²) in [6.07, 6.45) is 1.73. The highest BCUT2D eigenvalue weighted by Crippen LogP contribution is 2.07. The molecule has 0 radical (unpaired) electrons. The molecule has 4 N–H and O–H groups in total. The highest BCUT2D eigenvalue weighted by atomic mass is 16.2. The van der Waals surface area contributed by atoms with E-state index in [0.29, 0.717) is 12.4 Å². The van der Waals surface area contributed by atoms with Crippen LogP contribution >= 0.6 is 0 Å². The number of hydrogen-bond donors (Lipinski definition) is 3. The first kappa shape index (κ1) is 13.2. The molecule has 1 aromatic heterocycles. The maximum absolute atomic E-state index is 11.4. The number of rotatable bonds is 4. The first-order valence-electron chi connectivity index (χ1n) is 5.39. The minimum atomic E-state index is -0.743. The van der Waals surface area contributed by atoms with Gasteiger partial charge >= 0.3 is 11.8 Å². The van der Waals surface area contributed by atoms with Crippen LogP contribution in [0.15, 0.2) is 12.3 Å². The van der Waals surface area contributed by atoms with Crippen LogP contribution in [0.5, 0.6) is 0 Å². The molecule has 1 aromatic rings. The highest BCUT2D eigenvalue weighted by Gasteiger charge is 2.14.